The second-order valence-electron chi connectivity index (χ2n) is 10.8. The lowest BCUT2D eigenvalue weighted by atomic mass is 9.76. The van der Waals surface area contributed by atoms with Gasteiger partial charge in [0.1, 0.15) is 22.9 Å². The fraction of sp³-hybridized carbons (Fsp3) is 0.500. The molecule has 1 heterocycles. The molecule has 2 N–H and O–H groups in total. The minimum Gasteiger partial charge on any atom is -0.497 e. The number of ether oxygens (including phenoxy) is 2. The molecule has 2 aromatic carbocycles. The number of benzene rings is 2. The molecular weight excluding hydrogens is 466 g/mol. The molecule has 0 saturated heterocycles. The molecule has 7 heteroatoms. The van der Waals surface area contributed by atoms with Crippen LogP contribution in [0.15, 0.2) is 41.6 Å². The van der Waals surface area contributed by atoms with Gasteiger partial charge in [0.2, 0.25) is 0 Å². The molecule has 0 aliphatic carbocycles. The van der Waals surface area contributed by atoms with Gasteiger partial charge in [-0.2, -0.15) is 0 Å². The van der Waals surface area contributed by atoms with Crippen LogP contribution >= 0.6 is 0 Å². The summed E-state index contributed by atoms with van der Waals surface area (Å²) >= 11 is 0. The Balaban J connectivity index is 1.58. The summed E-state index contributed by atoms with van der Waals surface area (Å²) in [5.41, 5.74) is 3.62. The zero-order chi connectivity index (χ0) is 27.2. The van der Waals surface area contributed by atoms with Crippen LogP contribution in [0.1, 0.15) is 88.8 Å². The topological polar surface area (TPSA) is 92.8 Å². The van der Waals surface area contributed by atoms with Crippen LogP contribution < -0.4 is 14.8 Å². The third-order valence-corrected chi connectivity index (χ3v) is 7.67. The molecule has 3 aromatic rings. The smallest absolute Gasteiger partial charge is 0.270 e. The first-order valence-electron chi connectivity index (χ1n) is 13.2. The Hall–Kier alpha value is -3.35. The molecule has 200 valence electrons. The van der Waals surface area contributed by atoms with Crippen LogP contribution in [0.3, 0.4) is 0 Å². The molecule has 0 bridgehead atoms. The second kappa shape index (κ2) is 11.8. The minimum atomic E-state index is -0.355. The Morgan fingerprint density at radius 1 is 1.00 bits per heavy atom. The number of aromatic amines is 1. The number of carbonyl (C=O) groups is 1. The highest BCUT2D eigenvalue weighted by molar-refractivity contribution is 6.07. The summed E-state index contributed by atoms with van der Waals surface area (Å²) in [5.74, 6) is 1.17. The van der Waals surface area contributed by atoms with Gasteiger partial charge < -0.3 is 19.8 Å². The Morgan fingerprint density at radius 2 is 1.73 bits per heavy atom. The highest BCUT2D eigenvalue weighted by Crippen LogP contribution is 2.38. The summed E-state index contributed by atoms with van der Waals surface area (Å²) in [6.45, 7) is 14.5. The molecule has 1 amide bonds. The predicted molar refractivity (Wildman–Crippen MR) is 150 cm³/mol. The quantitative estimate of drug-likeness (QED) is 0.185. The monoisotopic (exact) mass is 507 g/mol. The fourth-order valence-corrected chi connectivity index (χ4v) is 4.24. The van der Waals surface area contributed by atoms with E-state index in [1.807, 2.05) is 0 Å². The van der Waals surface area contributed by atoms with E-state index in [0.29, 0.717) is 29.8 Å². The SMILES string of the molecule is CCC(C)(C)c1ccc(OCCCCNC(=O)c2[nH]c3ccc(OC)cc3c2N=O)c(C(C)(C)CC)c1. The highest BCUT2D eigenvalue weighted by Gasteiger charge is 2.26. The molecule has 0 spiro atoms. The molecule has 3 rings (SSSR count). The summed E-state index contributed by atoms with van der Waals surface area (Å²) in [4.78, 5) is 27.2. The lowest BCUT2D eigenvalue weighted by molar-refractivity contribution is 0.0949. The number of nitroso groups, excluding NO2 is 1. The van der Waals surface area contributed by atoms with Gasteiger partial charge in [-0.25, -0.2) is 0 Å². The molecule has 0 saturated carbocycles. The first-order valence-corrected chi connectivity index (χ1v) is 13.2. The molecule has 7 nitrogen and oxygen atoms in total. The van der Waals surface area contributed by atoms with E-state index >= 15 is 0 Å². The van der Waals surface area contributed by atoms with Crippen molar-refractivity contribution < 1.29 is 14.3 Å². The van der Waals surface area contributed by atoms with E-state index in [1.54, 1.807) is 25.3 Å². The van der Waals surface area contributed by atoms with Crippen molar-refractivity contribution in [1.82, 2.24) is 10.3 Å². The van der Waals surface area contributed by atoms with E-state index in [0.717, 1.165) is 31.4 Å². The largest absolute Gasteiger partial charge is 0.497 e. The van der Waals surface area contributed by atoms with E-state index in [9.17, 15) is 9.70 Å². The van der Waals surface area contributed by atoms with Crippen LogP contribution in [0.4, 0.5) is 5.69 Å². The maximum absolute atomic E-state index is 12.7. The van der Waals surface area contributed by atoms with Crippen molar-refractivity contribution in [2.75, 3.05) is 20.3 Å². The lowest BCUT2D eigenvalue weighted by Crippen LogP contribution is -2.25. The number of rotatable bonds is 13. The molecule has 0 unspecified atom stereocenters. The molecule has 0 radical (unpaired) electrons. The minimum absolute atomic E-state index is 0.0110. The van der Waals surface area contributed by atoms with Gasteiger partial charge in [-0.05, 0) is 71.5 Å². The lowest BCUT2D eigenvalue weighted by Gasteiger charge is -2.30. The van der Waals surface area contributed by atoms with E-state index in [2.05, 4.69) is 75.2 Å². The number of H-pyrrole nitrogens is 1. The number of nitrogens with one attached hydrogen (secondary N) is 2. The molecule has 37 heavy (non-hydrogen) atoms. The predicted octanol–water partition coefficient (Wildman–Crippen LogP) is 7.54. The number of nitrogens with zero attached hydrogens (tertiary/aromatic N) is 1. The summed E-state index contributed by atoms with van der Waals surface area (Å²) in [6.07, 6.45) is 3.62. The maximum Gasteiger partial charge on any atom is 0.270 e. The van der Waals surface area contributed by atoms with E-state index in [4.69, 9.17) is 9.47 Å². The molecule has 0 atom stereocenters. The van der Waals surface area contributed by atoms with Gasteiger partial charge in [0, 0.05) is 23.0 Å². The van der Waals surface area contributed by atoms with Crippen LogP contribution in [0.25, 0.3) is 10.9 Å². The van der Waals surface area contributed by atoms with Crippen LogP contribution in [0.2, 0.25) is 0 Å². The second-order valence-corrected chi connectivity index (χ2v) is 10.8. The number of hydrogen-bond acceptors (Lipinski definition) is 5. The third kappa shape index (κ3) is 6.32. The number of unbranched alkanes of at least 4 members (excludes halogenated alkanes) is 1. The van der Waals surface area contributed by atoms with Gasteiger partial charge >= 0.3 is 0 Å². The molecule has 1 aromatic heterocycles. The van der Waals surface area contributed by atoms with Gasteiger partial charge in [-0.1, -0.05) is 53.7 Å². The van der Waals surface area contributed by atoms with Crippen molar-refractivity contribution in [3.63, 3.8) is 0 Å². The first kappa shape index (κ1) is 28.2. The van der Waals surface area contributed by atoms with Gasteiger partial charge in [0.15, 0.2) is 0 Å². The maximum atomic E-state index is 12.7. The third-order valence-electron chi connectivity index (χ3n) is 7.67. The standard InChI is InChI=1S/C30H41N3O4/c1-8-29(3,4)20-12-15-25(23(18-20)30(5,6)9-2)37-17-11-10-16-31-28(34)27-26(33-35)22-19-21(36-7)13-14-24(22)32-27/h12-15,18-19,32H,8-11,16-17H2,1-7H3,(H,31,34). The van der Waals surface area contributed by atoms with Crippen molar-refractivity contribution in [2.24, 2.45) is 5.18 Å². The fourth-order valence-electron chi connectivity index (χ4n) is 4.24. The van der Waals surface area contributed by atoms with Gasteiger partial charge in [-0.15, -0.1) is 4.91 Å². The van der Waals surface area contributed by atoms with Crippen molar-refractivity contribution >= 4 is 22.5 Å². The van der Waals surface area contributed by atoms with Gasteiger partial charge in [0.05, 0.1) is 13.7 Å². The zero-order valence-corrected chi connectivity index (χ0v) is 23.3. The molecule has 0 aliphatic rings. The number of methoxy groups -OCH3 is 1. The van der Waals surface area contributed by atoms with Gasteiger partial charge in [0.25, 0.3) is 5.91 Å². The number of aromatic nitrogens is 1. The average Bonchev–Trinajstić information content (AvgIpc) is 3.28. The number of hydrogen-bond donors (Lipinski definition) is 2. The molecular formula is C30H41N3O4. The van der Waals surface area contributed by atoms with Gasteiger partial charge in [-0.3, -0.25) is 4.79 Å². The summed E-state index contributed by atoms with van der Waals surface area (Å²) in [5, 5.41) is 6.53. The summed E-state index contributed by atoms with van der Waals surface area (Å²) in [7, 11) is 1.55. The number of amides is 1. The Kier molecular flexibility index (Phi) is 9.00. The van der Waals surface area contributed by atoms with E-state index < -0.39 is 0 Å². The molecule has 0 aliphatic heterocycles. The van der Waals surface area contributed by atoms with Crippen LogP contribution in [-0.4, -0.2) is 31.2 Å². The van der Waals surface area contributed by atoms with E-state index in [-0.39, 0.29) is 28.1 Å². The molecule has 0 fully saturated rings. The Morgan fingerprint density at radius 3 is 2.38 bits per heavy atom. The van der Waals surface area contributed by atoms with Crippen LogP contribution in [0, 0.1) is 4.91 Å². The summed E-state index contributed by atoms with van der Waals surface area (Å²) in [6, 6.07) is 11.8. The normalized spacial score (nSPS) is 12.0. The average molecular weight is 508 g/mol. The van der Waals surface area contributed by atoms with Crippen molar-refractivity contribution in [3.05, 3.63) is 58.1 Å². The Bertz CT molecular complexity index is 1240. The van der Waals surface area contributed by atoms with Crippen LogP contribution in [-0.2, 0) is 10.8 Å². The van der Waals surface area contributed by atoms with Crippen molar-refractivity contribution in [3.8, 4) is 11.5 Å². The number of carbonyl (C=O) groups excluding carboxylic acids is 1. The van der Waals surface area contributed by atoms with E-state index in [1.165, 1.54) is 11.1 Å². The Labute approximate surface area is 220 Å². The number of fused-ring (bicyclic) bond motifs is 1. The zero-order valence-electron chi connectivity index (χ0n) is 23.3. The van der Waals surface area contributed by atoms with Crippen molar-refractivity contribution in [2.45, 2.75) is 78.1 Å². The first-order chi connectivity index (χ1) is 17.6. The van der Waals surface area contributed by atoms with Crippen LogP contribution in [0.5, 0.6) is 11.5 Å². The highest BCUT2D eigenvalue weighted by atomic mass is 16.5. The van der Waals surface area contributed by atoms with Crippen molar-refractivity contribution in [1.29, 1.82) is 0 Å². The summed E-state index contributed by atoms with van der Waals surface area (Å²) < 4.78 is 11.4.